The Bertz CT molecular complexity index is 810. The van der Waals surface area contributed by atoms with E-state index in [1.807, 2.05) is 6.92 Å². The molecule has 1 saturated carbocycles. The summed E-state index contributed by atoms with van der Waals surface area (Å²) in [6, 6.07) is 13.3. The van der Waals surface area contributed by atoms with Crippen LogP contribution in [0.3, 0.4) is 0 Å². The van der Waals surface area contributed by atoms with E-state index in [1.165, 1.54) is 48.9 Å². The molecule has 1 aromatic heterocycles. The molecular weight excluding hydrogens is 388 g/mol. The predicted octanol–water partition coefficient (Wildman–Crippen LogP) is 4.68. The highest BCUT2D eigenvalue weighted by Gasteiger charge is 2.25. The molecule has 170 valence electrons. The monoisotopic (exact) mass is 426 g/mol. The average molecular weight is 427 g/mol. The Morgan fingerprint density at radius 3 is 2.71 bits per heavy atom. The van der Waals surface area contributed by atoms with Crippen molar-refractivity contribution in [1.82, 2.24) is 9.47 Å². The van der Waals surface area contributed by atoms with E-state index >= 15 is 0 Å². The van der Waals surface area contributed by atoms with Gasteiger partial charge < -0.3 is 14.4 Å². The highest BCUT2D eigenvalue weighted by molar-refractivity contribution is 5.69. The lowest BCUT2D eigenvalue weighted by molar-refractivity contribution is -0.147. The van der Waals surface area contributed by atoms with Gasteiger partial charge in [0.25, 0.3) is 0 Å². The van der Waals surface area contributed by atoms with Gasteiger partial charge in [0.1, 0.15) is 12.7 Å². The Morgan fingerprint density at radius 1 is 1.19 bits per heavy atom. The number of rotatable bonds is 11. The number of aliphatic hydroxyl groups is 1. The van der Waals surface area contributed by atoms with Gasteiger partial charge in [-0.25, -0.2) is 0 Å². The van der Waals surface area contributed by atoms with Crippen LogP contribution in [0.5, 0.6) is 0 Å². The standard InChI is InChI=1S/C26H38N2O3/c1-3-10-26(30)31-20-25(29)19-28(23-13-5-4-6-14-23)18-24-15-9-16-27(24)17-22-12-8-7-11-21(22)2/h7-9,11-12,15-16,23,25,29H,3-6,10,13-14,17-20H2,1-2H3. The first-order valence-corrected chi connectivity index (χ1v) is 11.8. The minimum absolute atomic E-state index is 0.0757. The first kappa shape index (κ1) is 23.6. The van der Waals surface area contributed by atoms with Crippen LogP contribution in [-0.4, -0.2) is 45.8 Å². The van der Waals surface area contributed by atoms with E-state index in [9.17, 15) is 9.90 Å². The molecule has 0 radical (unpaired) electrons. The van der Waals surface area contributed by atoms with Crippen molar-refractivity contribution >= 4 is 5.97 Å². The molecule has 1 aliphatic carbocycles. The Labute approximate surface area is 187 Å². The topological polar surface area (TPSA) is 54.7 Å². The number of aryl methyl sites for hydroxylation is 1. The summed E-state index contributed by atoms with van der Waals surface area (Å²) in [4.78, 5) is 14.1. The number of hydrogen-bond donors (Lipinski definition) is 1. The smallest absolute Gasteiger partial charge is 0.305 e. The minimum atomic E-state index is -0.664. The molecule has 1 aromatic carbocycles. The average Bonchev–Trinajstić information content (AvgIpc) is 3.21. The maximum absolute atomic E-state index is 11.7. The Balaban J connectivity index is 1.67. The fourth-order valence-corrected chi connectivity index (χ4v) is 4.50. The van der Waals surface area contributed by atoms with E-state index in [-0.39, 0.29) is 12.6 Å². The van der Waals surface area contributed by atoms with Gasteiger partial charge in [0.05, 0.1) is 0 Å². The Hall–Kier alpha value is -2.11. The van der Waals surface area contributed by atoms with E-state index in [0.717, 1.165) is 19.5 Å². The zero-order valence-corrected chi connectivity index (χ0v) is 19.1. The third-order valence-corrected chi connectivity index (χ3v) is 6.32. The number of ether oxygens (including phenoxy) is 1. The molecule has 1 unspecified atom stereocenters. The second-order valence-electron chi connectivity index (χ2n) is 8.86. The number of aliphatic hydroxyl groups excluding tert-OH is 1. The van der Waals surface area contributed by atoms with Crippen LogP contribution in [-0.2, 0) is 22.6 Å². The number of aromatic nitrogens is 1. The van der Waals surface area contributed by atoms with Crippen molar-refractivity contribution in [3.63, 3.8) is 0 Å². The highest BCUT2D eigenvalue weighted by atomic mass is 16.5. The maximum Gasteiger partial charge on any atom is 0.305 e. The molecule has 31 heavy (non-hydrogen) atoms. The number of carbonyl (C=O) groups excluding carboxylic acids is 1. The highest BCUT2D eigenvalue weighted by Crippen LogP contribution is 2.25. The van der Waals surface area contributed by atoms with Crippen molar-refractivity contribution in [3.8, 4) is 0 Å². The number of carbonyl (C=O) groups is 1. The summed E-state index contributed by atoms with van der Waals surface area (Å²) in [6.07, 6.45) is 8.77. The van der Waals surface area contributed by atoms with Crippen LogP contribution >= 0.6 is 0 Å². The number of esters is 1. The first-order valence-electron chi connectivity index (χ1n) is 11.8. The molecule has 0 saturated heterocycles. The molecule has 5 heteroatoms. The molecule has 3 rings (SSSR count). The molecule has 0 spiro atoms. The van der Waals surface area contributed by atoms with Gasteiger partial charge in [0, 0.05) is 44.0 Å². The van der Waals surface area contributed by atoms with Crippen molar-refractivity contribution in [2.45, 2.75) is 84.0 Å². The quantitative estimate of drug-likeness (QED) is 0.530. The lowest BCUT2D eigenvalue weighted by Crippen LogP contribution is -2.43. The third-order valence-electron chi connectivity index (χ3n) is 6.32. The van der Waals surface area contributed by atoms with E-state index in [2.05, 4.69) is 59.0 Å². The molecule has 1 fully saturated rings. The van der Waals surface area contributed by atoms with Crippen LogP contribution in [0.1, 0.15) is 68.7 Å². The number of nitrogens with zero attached hydrogens (tertiary/aromatic N) is 2. The van der Waals surface area contributed by atoms with Crippen molar-refractivity contribution < 1.29 is 14.6 Å². The molecule has 0 bridgehead atoms. The Morgan fingerprint density at radius 2 is 1.97 bits per heavy atom. The van der Waals surface area contributed by atoms with Gasteiger partial charge in [-0.2, -0.15) is 0 Å². The molecule has 5 nitrogen and oxygen atoms in total. The fourth-order valence-electron chi connectivity index (χ4n) is 4.50. The van der Waals surface area contributed by atoms with E-state index in [0.29, 0.717) is 19.0 Å². The van der Waals surface area contributed by atoms with Crippen LogP contribution in [0, 0.1) is 6.92 Å². The van der Waals surface area contributed by atoms with Crippen molar-refractivity contribution in [2.75, 3.05) is 13.2 Å². The number of benzene rings is 1. The molecule has 0 aliphatic heterocycles. The second-order valence-corrected chi connectivity index (χ2v) is 8.86. The summed E-state index contributed by atoms with van der Waals surface area (Å²) in [5, 5.41) is 10.6. The van der Waals surface area contributed by atoms with Crippen molar-refractivity contribution in [3.05, 3.63) is 59.4 Å². The predicted molar refractivity (Wildman–Crippen MR) is 124 cm³/mol. The van der Waals surface area contributed by atoms with Crippen LogP contribution in [0.15, 0.2) is 42.6 Å². The van der Waals surface area contributed by atoms with Gasteiger partial charge in [0.2, 0.25) is 0 Å². The summed E-state index contributed by atoms with van der Waals surface area (Å²) in [5.41, 5.74) is 3.88. The van der Waals surface area contributed by atoms with Crippen molar-refractivity contribution in [2.24, 2.45) is 0 Å². The van der Waals surface area contributed by atoms with E-state index in [1.54, 1.807) is 0 Å². The third kappa shape index (κ3) is 7.22. The zero-order valence-electron chi connectivity index (χ0n) is 19.1. The number of hydrogen-bond acceptors (Lipinski definition) is 4. The van der Waals surface area contributed by atoms with Gasteiger partial charge in [-0.1, -0.05) is 50.5 Å². The fraction of sp³-hybridized carbons (Fsp3) is 0.577. The first-order chi connectivity index (χ1) is 15.1. The lowest BCUT2D eigenvalue weighted by Gasteiger charge is -2.35. The summed E-state index contributed by atoms with van der Waals surface area (Å²) < 4.78 is 7.57. The maximum atomic E-state index is 11.7. The summed E-state index contributed by atoms with van der Waals surface area (Å²) in [6.45, 7) is 6.36. The lowest BCUT2D eigenvalue weighted by atomic mass is 9.94. The van der Waals surface area contributed by atoms with Gasteiger partial charge >= 0.3 is 5.97 Å². The molecule has 2 aromatic rings. The van der Waals surface area contributed by atoms with Crippen LogP contribution < -0.4 is 0 Å². The SMILES string of the molecule is CCCC(=O)OCC(O)CN(Cc1cccn1Cc1ccccc1C)C1CCCCC1. The largest absolute Gasteiger partial charge is 0.463 e. The van der Waals surface area contributed by atoms with Gasteiger partial charge in [0.15, 0.2) is 0 Å². The van der Waals surface area contributed by atoms with E-state index in [4.69, 9.17) is 4.74 Å². The van der Waals surface area contributed by atoms with Gasteiger partial charge in [-0.15, -0.1) is 0 Å². The van der Waals surface area contributed by atoms with E-state index < -0.39 is 6.10 Å². The molecule has 1 aliphatic rings. The van der Waals surface area contributed by atoms with Crippen molar-refractivity contribution in [1.29, 1.82) is 0 Å². The van der Waals surface area contributed by atoms with Crippen LogP contribution in [0.4, 0.5) is 0 Å². The van der Waals surface area contributed by atoms with Gasteiger partial charge in [-0.05, 0) is 49.4 Å². The van der Waals surface area contributed by atoms with Gasteiger partial charge in [-0.3, -0.25) is 9.69 Å². The normalized spacial score (nSPS) is 15.9. The second kappa shape index (κ2) is 12.1. The summed E-state index contributed by atoms with van der Waals surface area (Å²) >= 11 is 0. The molecule has 0 amide bonds. The summed E-state index contributed by atoms with van der Waals surface area (Å²) in [7, 11) is 0. The Kier molecular flexibility index (Phi) is 9.16. The van der Waals surface area contributed by atoms with Crippen LogP contribution in [0.2, 0.25) is 0 Å². The zero-order chi connectivity index (χ0) is 22.1. The van der Waals surface area contributed by atoms with Crippen LogP contribution in [0.25, 0.3) is 0 Å². The molecule has 1 N–H and O–H groups in total. The minimum Gasteiger partial charge on any atom is -0.463 e. The summed E-state index contributed by atoms with van der Waals surface area (Å²) in [5.74, 6) is -0.224. The molecule has 1 atom stereocenters. The molecular formula is C26H38N2O3. The molecule has 1 heterocycles.